The van der Waals surface area contributed by atoms with Crippen LogP contribution in [0.15, 0.2) is 53.6 Å². The van der Waals surface area contributed by atoms with Gasteiger partial charge in [0.2, 0.25) is 4.77 Å². The molecule has 0 saturated carbocycles. The maximum atomic E-state index is 12.3. The normalized spacial score (nSPS) is 14.6. The molecule has 0 aliphatic carbocycles. The highest BCUT2D eigenvalue weighted by molar-refractivity contribution is 7.71. The summed E-state index contributed by atoms with van der Waals surface area (Å²) in [6.45, 7) is -0.666. The van der Waals surface area contributed by atoms with Crippen LogP contribution in [0.5, 0.6) is 5.75 Å². The number of nitrogens with one attached hydrogen (secondary N) is 1. The molecule has 1 aromatic heterocycles. The fourth-order valence-electron chi connectivity index (χ4n) is 3.42. The van der Waals surface area contributed by atoms with Crippen molar-refractivity contribution in [1.29, 1.82) is 0 Å². The van der Waals surface area contributed by atoms with Crippen LogP contribution in [0.4, 0.5) is 14.5 Å². The second-order valence-corrected chi connectivity index (χ2v) is 7.34. The van der Waals surface area contributed by atoms with E-state index in [-0.39, 0.29) is 5.75 Å². The summed E-state index contributed by atoms with van der Waals surface area (Å²) >= 11 is 5.28. The molecule has 1 saturated heterocycles. The summed E-state index contributed by atoms with van der Waals surface area (Å²) in [4.78, 5) is 2.40. The Balaban J connectivity index is 1.51. The standard InChI is InChI=1S/C21H21F2N5OS/c22-20(23)29-18-10-6-16(7-11-18)19-25-26-21(30)28(19)24-14-15-4-8-17(9-5-15)27-12-2-1-3-13-27/h4-11,14,20H,1-3,12-13H2,(H,26,30). The number of alkyl halides is 2. The van der Waals surface area contributed by atoms with E-state index in [0.717, 1.165) is 18.7 Å². The Kier molecular flexibility index (Phi) is 6.18. The van der Waals surface area contributed by atoms with Crippen LogP contribution in [-0.2, 0) is 0 Å². The van der Waals surface area contributed by atoms with Gasteiger partial charge in [0.15, 0.2) is 5.82 Å². The molecular weight excluding hydrogens is 408 g/mol. The number of hydrogen-bond donors (Lipinski definition) is 1. The first-order valence-electron chi connectivity index (χ1n) is 9.72. The van der Waals surface area contributed by atoms with Crippen LogP contribution < -0.4 is 9.64 Å². The van der Waals surface area contributed by atoms with Crippen molar-refractivity contribution < 1.29 is 13.5 Å². The fourth-order valence-corrected chi connectivity index (χ4v) is 3.60. The van der Waals surface area contributed by atoms with Crippen molar-refractivity contribution in [3.05, 3.63) is 58.9 Å². The first-order chi connectivity index (χ1) is 14.6. The molecule has 1 fully saturated rings. The van der Waals surface area contributed by atoms with Crippen LogP contribution >= 0.6 is 12.2 Å². The van der Waals surface area contributed by atoms with Crippen LogP contribution in [0, 0.1) is 4.77 Å². The molecule has 9 heteroatoms. The van der Waals surface area contributed by atoms with Gasteiger partial charge in [-0.15, -0.1) is 0 Å². The molecule has 2 heterocycles. The number of H-pyrrole nitrogens is 1. The Labute approximate surface area is 177 Å². The molecule has 0 bridgehead atoms. The van der Waals surface area contributed by atoms with Crippen molar-refractivity contribution in [3.63, 3.8) is 0 Å². The quantitative estimate of drug-likeness (QED) is 0.438. The molecule has 6 nitrogen and oxygen atoms in total. The molecule has 0 atom stereocenters. The number of halogens is 2. The molecule has 0 unspecified atom stereocenters. The third kappa shape index (κ3) is 4.73. The van der Waals surface area contributed by atoms with E-state index in [0.29, 0.717) is 16.2 Å². The Morgan fingerprint density at radius 1 is 1.03 bits per heavy atom. The van der Waals surface area contributed by atoms with E-state index in [9.17, 15) is 8.78 Å². The number of aromatic amines is 1. The Bertz CT molecular complexity index is 1050. The topological polar surface area (TPSA) is 58.4 Å². The Morgan fingerprint density at radius 2 is 1.73 bits per heavy atom. The van der Waals surface area contributed by atoms with E-state index in [4.69, 9.17) is 12.2 Å². The van der Waals surface area contributed by atoms with E-state index >= 15 is 0 Å². The minimum absolute atomic E-state index is 0.0757. The number of ether oxygens (including phenoxy) is 1. The van der Waals surface area contributed by atoms with Crippen LogP contribution in [0.3, 0.4) is 0 Å². The lowest BCUT2D eigenvalue weighted by Crippen LogP contribution is -2.29. The van der Waals surface area contributed by atoms with Crippen LogP contribution in [-0.4, -0.2) is 40.8 Å². The highest BCUT2D eigenvalue weighted by Gasteiger charge is 2.11. The van der Waals surface area contributed by atoms with Crippen molar-refractivity contribution in [2.24, 2.45) is 5.10 Å². The van der Waals surface area contributed by atoms with E-state index < -0.39 is 6.61 Å². The van der Waals surface area contributed by atoms with E-state index in [1.165, 1.54) is 41.8 Å². The van der Waals surface area contributed by atoms with Gasteiger partial charge in [-0.1, -0.05) is 12.1 Å². The summed E-state index contributed by atoms with van der Waals surface area (Å²) in [6, 6.07) is 14.4. The molecule has 1 aliphatic rings. The number of anilines is 1. The molecule has 2 aromatic carbocycles. The summed E-state index contributed by atoms with van der Waals surface area (Å²) in [5.74, 6) is 0.552. The maximum Gasteiger partial charge on any atom is 0.387 e. The summed E-state index contributed by atoms with van der Waals surface area (Å²) in [6.07, 6.45) is 5.49. The molecule has 0 spiro atoms. The van der Waals surface area contributed by atoms with Gasteiger partial charge in [-0.25, -0.2) is 5.10 Å². The SMILES string of the molecule is FC(F)Oc1ccc(-c2n[nH]c(=S)n2N=Cc2ccc(N3CCCCC3)cc2)cc1. The van der Waals surface area contributed by atoms with Gasteiger partial charge in [-0.2, -0.15) is 23.7 Å². The van der Waals surface area contributed by atoms with Gasteiger partial charge in [0.05, 0.1) is 6.21 Å². The van der Waals surface area contributed by atoms with E-state index in [2.05, 4.69) is 37.1 Å². The van der Waals surface area contributed by atoms with Crippen molar-refractivity contribution in [2.75, 3.05) is 18.0 Å². The maximum absolute atomic E-state index is 12.3. The summed E-state index contributed by atoms with van der Waals surface area (Å²) in [7, 11) is 0. The molecule has 3 aromatic rings. The van der Waals surface area contributed by atoms with Gasteiger partial charge in [0.25, 0.3) is 0 Å². The fraction of sp³-hybridized carbons (Fsp3) is 0.286. The molecule has 0 radical (unpaired) electrons. The van der Waals surface area contributed by atoms with Crippen LogP contribution in [0.25, 0.3) is 11.4 Å². The third-order valence-corrected chi connectivity index (χ3v) is 5.19. The largest absolute Gasteiger partial charge is 0.435 e. The highest BCUT2D eigenvalue weighted by atomic mass is 32.1. The van der Waals surface area contributed by atoms with Gasteiger partial charge < -0.3 is 9.64 Å². The molecule has 4 rings (SSSR count). The summed E-state index contributed by atoms with van der Waals surface area (Å²) < 4.78 is 30.9. The van der Waals surface area contributed by atoms with Gasteiger partial charge in [0, 0.05) is 24.3 Å². The molecule has 0 amide bonds. The smallest absolute Gasteiger partial charge is 0.387 e. The van der Waals surface area contributed by atoms with Crippen LogP contribution in [0.1, 0.15) is 24.8 Å². The van der Waals surface area contributed by atoms with Gasteiger partial charge in [0.1, 0.15) is 5.75 Å². The molecular formula is C21H21F2N5OS. The van der Waals surface area contributed by atoms with Crippen molar-refractivity contribution in [3.8, 4) is 17.1 Å². The number of aromatic nitrogens is 3. The summed E-state index contributed by atoms with van der Waals surface area (Å²) in [5.41, 5.74) is 2.82. The second-order valence-electron chi connectivity index (χ2n) is 6.95. The molecule has 1 N–H and O–H groups in total. The van der Waals surface area contributed by atoms with E-state index in [1.807, 2.05) is 12.1 Å². The van der Waals surface area contributed by atoms with E-state index in [1.54, 1.807) is 18.3 Å². The third-order valence-electron chi connectivity index (χ3n) is 4.92. The van der Waals surface area contributed by atoms with Crippen molar-refractivity contribution in [2.45, 2.75) is 25.9 Å². The zero-order valence-corrected chi connectivity index (χ0v) is 17.0. The highest BCUT2D eigenvalue weighted by Crippen LogP contribution is 2.23. The lowest BCUT2D eigenvalue weighted by Gasteiger charge is -2.28. The zero-order chi connectivity index (χ0) is 20.9. The number of rotatable bonds is 6. The Morgan fingerprint density at radius 3 is 2.40 bits per heavy atom. The number of benzene rings is 2. The van der Waals surface area contributed by atoms with Gasteiger partial charge in [-0.3, -0.25) is 0 Å². The number of hydrogen-bond acceptors (Lipinski definition) is 5. The monoisotopic (exact) mass is 429 g/mol. The minimum atomic E-state index is -2.86. The second kappa shape index (κ2) is 9.17. The first kappa shape index (κ1) is 20.2. The van der Waals surface area contributed by atoms with Crippen molar-refractivity contribution >= 4 is 24.1 Å². The molecule has 30 heavy (non-hydrogen) atoms. The lowest BCUT2D eigenvalue weighted by atomic mass is 10.1. The average molecular weight is 429 g/mol. The van der Waals surface area contributed by atoms with Gasteiger partial charge in [-0.05, 0) is 73.4 Å². The molecule has 1 aliphatic heterocycles. The predicted octanol–water partition coefficient (Wildman–Crippen LogP) is 5.08. The number of piperidine rings is 1. The van der Waals surface area contributed by atoms with Crippen LogP contribution in [0.2, 0.25) is 0 Å². The minimum Gasteiger partial charge on any atom is -0.435 e. The Hall–Kier alpha value is -3.07. The zero-order valence-electron chi connectivity index (χ0n) is 16.2. The summed E-state index contributed by atoms with van der Waals surface area (Å²) in [5, 5.41) is 11.4. The predicted molar refractivity (Wildman–Crippen MR) is 115 cm³/mol. The lowest BCUT2D eigenvalue weighted by molar-refractivity contribution is -0.0498. The van der Waals surface area contributed by atoms with Crippen molar-refractivity contribution in [1.82, 2.24) is 14.9 Å². The average Bonchev–Trinajstić information content (AvgIpc) is 3.14. The number of nitrogens with zero attached hydrogens (tertiary/aromatic N) is 4. The van der Waals surface area contributed by atoms with Gasteiger partial charge >= 0.3 is 6.61 Å². The molecule has 156 valence electrons. The first-order valence-corrected chi connectivity index (χ1v) is 10.1.